The van der Waals surface area contributed by atoms with E-state index in [1.807, 2.05) is 6.07 Å². The van der Waals surface area contributed by atoms with Crippen LogP contribution in [0.5, 0.6) is 0 Å². The summed E-state index contributed by atoms with van der Waals surface area (Å²) in [6.45, 7) is 3.65. The van der Waals surface area contributed by atoms with Crippen molar-refractivity contribution in [3.05, 3.63) is 70.2 Å². The number of ketones is 1. The van der Waals surface area contributed by atoms with E-state index in [0.717, 1.165) is 43.9 Å². The highest BCUT2D eigenvalue weighted by Crippen LogP contribution is 2.29. The number of nitrogens with one attached hydrogen (secondary N) is 1. The number of benzene rings is 1. The van der Waals surface area contributed by atoms with Crippen LogP contribution in [0, 0.1) is 10.1 Å². The van der Waals surface area contributed by atoms with Gasteiger partial charge >= 0.3 is 0 Å². The number of hydrogen-bond acceptors (Lipinski definition) is 8. The third-order valence-corrected chi connectivity index (χ3v) is 5.73. The molecule has 0 unspecified atom stereocenters. The molecule has 10 nitrogen and oxygen atoms in total. The molecule has 1 aliphatic rings. The largest absolute Gasteiger partial charge is 0.377 e. The molecule has 4 rings (SSSR count). The maximum absolute atomic E-state index is 12.7. The molecule has 0 spiro atoms. The topological polar surface area (TPSA) is 119 Å². The lowest BCUT2D eigenvalue weighted by molar-refractivity contribution is -0.384. The fraction of sp³-hybridized carbons (Fsp3) is 0.364. The molecule has 0 aliphatic carbocycles. The van der Waals surface area contributed by atoms with Crippen molar-refractivity contribution < 1.29 is 9.72 Å². The van der Waals surface area contributed by atoms with Crippen LogP contribution in [0.1, 0.15) is 41.6 Å². The van der Waals surface area contributed by atoms with Crippen molar-refractivity contribution in [3.63, 3.8) is 0 Å². The van der Waals surface area contributed by atoms with Gasteiger partial charge in [-0.05, 0) is 31.4 Å². The Hall–Kier alpha value is -3.82. The van der Waals surface area contributed by atoms with Crippen molar-refractivity contribution in [3.8, 4) is 0 Å². The van der Waals surface area contributed by atoms with Crippen LogP contribution in [-0.4, -0.2) is 49.4 Å². The molecule has 0 amide bonds. The summed E-state index contributed by atoms with van der Waals surface area (Å²) in [5.74, 6) is 0.804. The molecule has 166 valence electrons. The highest BCUT2D eigenvalue weighted by molar-refractivity contribution is 6.07. The molecule has 2 aromatic heterocycles. The minimum Gasteiger partial charge on any atom is -0.377 e. The monoisotopic (exact) mass is 435 g/mol. The van der Waals surface area contributed by atoms with Gasteiger partial charge in [-0.3, -0.25) is 14.9 Å². The molecule has 3 heterocycles. The second kappa shape index (κ2) is 9.13. The summed E-state index contributed by atoms with van der Waals surface area (Å²) in [5.41, 5.74) is 1.55. The number of aryl methyl sites for hydroxylation is 2. The summed E-state index contributed by atoms with van der Waals surface area (Å²) in [6.07, 6.45) is 7.27. The minimum absolute atomic E-state index is 0.0912. The van der Waals surface area contributed by atoms with Crippen molar-refractivity contribution in [2.45, 2.75) is 32.2 Å². The molecular formula is C22H25N7O3. The predicted molar refractivity (Wildman–Crippen MR) is 120 cm³/mol. The normalized spacial score (nSPS) is 14.4. The summed E-state index contributed by atoms with van der Waals surface area (Å²) >= 11 is 0. The predicted octanol–water partition coefficient (Wildman–Crippen LogP) is 2.99. The number of nitro benzene ring substituents is 1. The first-order valence-corrected chi connectivity index (χ1v) is 10.6. The average Bonchev–Trinajstić information content (AvgIpc) is 3.25. The van der Waals surface area contributed by atoms with Crippen LogP contribution < -0.4 is 10.2 Å². The van der Waals surface area contributed by atoms with E-state index in [1.165, 1.54) is 12.3 Å². The van der Waals surface area contributed by atoms with Gasteiger partial charge in [0.2, 0.25) is 5.78 Å². The Kier molecular flexibility index (Phi) is 6.11. The van der Waals surface area contributed by atoms with Crippen molar-refractivity contribution in [1.82, 2.24) is 19.5 Å². The van der Waals surface area contributed by atoms with Gasteiger partial charge in [0.15, 0.2) is 5.82 Å². The van der Waals surface area contributed by atoms with Gasteiger partial charge in [-0.2, -0.15) is 0 Å². The van der Waals surface area contributed by atoms with E-state index < -0.39 is 4.92 Å². The van der Waals surface area contributed by atoms with Crippen LogP contribution in [0.15, 0.2) is 43.0 Å². The van der Waals surface area contributed by atoms with Crippen molar-refractivity contribution in [1.29, 1.82) is 0 Å². The molecule has 32 heavy (non-hydrogen) atoms. The number of aromatic nitrogens is 4. The molecule has 1 N–H and O–H groups in total. The third kappa shape index (κ3) is 4.43. The number of anilines is 2. The number of piperidine rings is 1. The number of hydrogen-bond donors (Lipinski definition) is 1. The number of imidazole rings is 1. The van der Waals surface area contributed by atoms with Gasteiger partial charge in [0.05, 0.1) is 4.92 Å². The van der Waals surface area contributed by atoms with E-state index in [0.29, 0.717) is 5.69 Å². The number of carbonyl (C=O) groups is 1. The summed E-state index contributed by atoms with van der Waals surface area (Å²) in [4.78, 5) is 38.8. The molecule has 1 saturated heterocycles. The number of nitro groups is 1. The molecular weight excluding hydrogens is 410 g/mol. The Balaban J connectivity index is 1.46. The Morgan fingerprint density at radius 2 is 2.00 bits per heavy atom. The van der Waals surface area contributed by atoms with Gasteiger partial charge < -0.3 is 14.8 Å². The van der Waals surface area contributed by atoms with Gasteiger partial charge in [-0.25, -0.2) is 15.0 Å². The summed E-state index contributed by atoms with van der Waals surface area (Å²) in [5, 5.41) is 15.0. The van der Waals surface area contributed by atoms with Crippen LogP contribution in [0.25, 0.3) is 0 Å². The summed E-state index contributed by atoms with van der Waals surface area (Å²) in [6, 6.07) is 6.64. The molecule has 0 saturated carbocycles. The fourth-order valence-electron chi connectivity index (χ4n) is 3.88. The first-order valence-electron chi connectivity index (χ1n) is 10.6. The lowest BCUT2D eigenvalue weighted by Crippen LogP contribution is -2.39. The lowest BCUT2D eigenvalue weighted by Gasteiger charge is -2.33. The molecule has 0 radical (unpaired) electrons. The molecule has 1 fully saturated rings. The van der Waals surface area contributed by atoms with Crippen LogP contribution in [0.4, 0.5) is 17.2 Å². The highest BCUT2D eigenvalue weighted by Gasteiger charge is 2.25. The third-order valence-electron chi connectivity index (χ3n) is 5.73. The Morgan fingerprint density at radius 3 is 2.66 bits per heavy atom. The zero-order valence-electron chi connectivity index (χ0n) is 18.1. The van der Waals surface area contributed by atoms with Gasteiger partial charge in [-0.15, -0.1) is 0 Å². The smallest absolute Gasteiger partial charge is 0.293 e. The van der Waals surface area contributed by atoms with Crippen molar-refractivity contribution in [2.75, 3.05) is 23.3 Å². The molecule has 1 aliphatic heterocycles. The molecule has 10 heteroatoms. The summed E-state index contributed by atoms with van der Waals surface area (Å²) < 4.78 is 1.59. The maximum Gasteiger partial charge on any atom is 0.293 e. The van der Waals surface area contributed by atoms with Crippen molar-refractivity contribution in [2.24, 2.45) is 7.05 Å². The zero-order valence-corrected chi connectivity index (χ0v) is 18.1. The quantitative estimate of drug-likeness (QED) is 0.342. The fourth-order valence-corrected chi connectivity index (χ4v) is 3.88. The van der Waals surface area contributed by atoms with E-state index in [9.17, 15) is 14.9 Å². The first-order chi connectivity index (χ1) is 15.5. The number of carbonyl (C=O) groups excluding carboxylic acids is 1. The lowest BCUT2D eigenvalue weighted by atomic mass is 10.0. The number of nitrogens with zero attached hydrogens (tertiary/aromatic N) is 6. The van der Waals surface area contributed by atoms with Gasteiger partial charge in [0.1, 0.15) is 17.8 Å². The van der Waals surface area contributed by atoms with Crippen LogP contribution in [0.3, 0.4) is 0 Å². The van der Waals surface area contributed by atoms with E-state index in [-0.39, 0.29) is 28.9 Å². The SMILES string of the molecule is CCc1cc(N2CCC(Nc3ccc(C(=O)c4nccn4C)cc3[N+](=O)[O-])CC2)ncn1. The van der Waals surface area contributed by atoms with Gasteiger partial charge in [0, 0.05) is 62.0 Å². The van der Waals surface area contributed by atoms with Crippen LogP contribution in [-0.2, 0) is 13.5 Å². The molecule has 3 aromatic rings. The zero-order chi connectivity index (χ0) is 22.7. The van der Waals surface area contributed by atoms with Crippen LogP contribution >= 0.6 is 0 Å². The van der Waals surface area contributed by atoms with Gasteiger partial charge in [-0.1, -0.05) is 6.92 Å². The van der Waals surface area contributed by atoms with E-state index >= 15 is 0 Å². The van der Waals surface area contributed by atoms with E-state index in [1.54, 1.807) is 36.3 Å². The number of rotatable bonds is 7. The van der Waals surface area contributed by atoms with Gasteiger partial charge in [0.25, 0.3) is 5.69 Å². The summed E-state index contributed by atoms with van der Waals surface area (Å²) in [7, 11) is 1.71. The first kappa shape index (κ1) is 21.4. The Labute approximate surface area is 185 Å². The second-order valence-electron chi connectivity index (χ2n) is 7.81. The Morgan fingerprint density at radius 1 is 1.22 bits per heavy atom. The van der Waals surface area contributed by atoms with Crippen LogP contribution in [0.2, 0.25) is 0 Å². The van der Waals surface area contributed by atoms with E-state index in [2.05, 4.69) is 32.1 Å². The molecule has 0 atom stereocenters. The second-order valence-corrected chi connectivity index (χ2v) is 7.81. The van der Waals surface area contributed by atoms with E-state index in [4.69, 9.17) is 0 Å². The minimum atomic E-state index is -0.459. The molecule has 1 aromatic carbocycles. The highest BCUT2D eigenvalue weighted by atomic mass is 16.6. The maximum atomic E-state index is 12.7. The Bertz CT molecular complexity index is 1140. The van der Waals surface area contributed by atoms with Crippen molar-refractivity contribution >= 4 is 23.0 Å². The molecule has 0 bridgehead atoms. The standard InChI is InChI=1S/C22H25N7O3/c1-3-16-13-20(25-14-24-16)28-9-6-17(7-10-28)26-18-5-4-15(12-19(18)29(31)32)21(30)22-23-8-11-27(22)2/h4-5,8,11-14,17,26H,3,6-7,9-10H2,1-2H3. The average molecular weight is 435 g/mol.